The molecule has 12 aromatic carbocycles. The Balaban J connectivity index is 1.02. The molecule has 1 aromatic heterocycles. The predicted octanol–water partition coefficient (Wildman–Crippen LogP) is 21.6. The number of hydrogen-bond acceptors (Lipinski definition) is 4. The molecule has 0 radical (unpaired) electrons. The molecule has 78 heavy (non-hydrogen) atoms. The quantitative estimate of drug-likeness (QED) is 0.131. The van der Waals surface area contributed by atoms with Gasteiger partial charge in [-0.05, 0) is 148 Å². The topological polar surface area (TPSA) is 39.9 Å². The molecule has 0 fully saturated rings. The lowest BCUT2D eigenvalue weighted by Gasteiger charge is -2.31. The Morgan fingerprint density at radius 3 is 1.40 bits per heavy atom. The van der Waals surface area contributed by atoms with Gasteiger partial charge in [-0.15, -0.1) is 0 Å². The zero-order chi connectivity index (χ0) is 53.5. The van der Waals surface area contributed by atoms with Crippen molar-refractivity contribution in [3.05, 3.63) is 246 Å². The number of aromatic hydroxyl groups is 1. The number of phenols is 1. The molecular weight excluding hydrogens is 949 g/mol. The fourth-order valence-electron chi connectivity index (χ4n) is 12.6. The summed E-state index contributed by atoms with van der Waals surface area (Å²) >= 11 is 0. The summed E-state index contributed by atoms with van der Waals surface area (Å²) in [7, 11) is 0. The number of phenolic OH excluding ortho intramolecular Hbond substituents is 1. The number of fused-ring (bicyclic) bond motifs is 3. The van der Waals surface area contributed by atoms with Crippen LogP contribution in [0.3, 0.4) is 0 Å². The van der Waals surface area contributed by atoms with Crippen LogP contribution >= 0.6 is 0 Å². The van der Waals surface area contributed by atoms with Gasteiger partial charge in [0.05, 0.1) is 22.7 Å². The van der Waals surface area contributed by atoms with Crippen molar-refractivity contribution in [1.29, 1.82) is 0 Å². The van der Waals surface area contributed by atoms with Crippen molar-refractivity contribution in [3.63, 3.8) is 0 Å². The van der Waals surface area contributed by atoms with Gasteiger partial charge in [0.15, 0.2) is 5.58 Å². The Bertz CT molecular complexity index is 4480. The average molecular weight is 1010 g/mol. The molecule has 13 aromatic rings. The number of aryl methyl sites for hydroxylation is 4. The summed E-state index contributed by atoms with van der Waals surface area (Å²) in [6.07, 6.45) is 0. The highest BCUT2D eigenvalue weighted by Gasteiger charge is 2.28. The molecule has 0 aliphatic carbocycles. The molecule has 0 aliphatic rings. The van der Waals surface area contributed by atoms with Gasteiger partial charge in [-0.2, -0.15) is 0 Å². The molecule has 380 valence electrons. The third-order valence-electron chi connectivity index (χ3n) is 16.2. The number of nitrogens with zero attached hydrogens (tertiary/aromatic N) is 2. The second-order valence-electron chi connectivity index (χ2n) is 22.0. The Kier molecular flexibility index (Phi) is 11.9. The highest BCUT2D eigenvalue weighted by molar-refractivity contribution is 6.28. The minimum Gasteiger partial charge on any atom is -0.505 e. The van der Waals surface area contributed by atoms with Crippen molar-refractivity contribution in [2.45, 2.75) is 67.2 Å². The van der Waals surface area contributed by atoms with Gasteiger partial charge >= 0.3 is 0 Å². The molecule has 1 heterocycles. The van der Waals surface area contributed by atoms with Crippen LogP contribution in [0.5, 0.6) is 5.75 Å². The third kappa shape index (κ3) is 7.97. The van der Waals surface area contributed by atoms with Crippen LogP contribution < -0.4 is 9.80 Å². The molecule has 0 unspecified atom stereocenters. The molecule has 0 amide bonds. The second kappa shape index (κ2) is 19.2. The monoisotopic (exact) mass is 1010 g/mol. The van der Waals surface area contributed by atoms with E-state index in [9.17, 15) is 5.11 Å². The smallest absolute Gasteiger partial charge is 0.159 e. The third-order valence-corrected chi connectivity index (χ3v) is 16.2. The van der Waals surface area contributed by atoms with Crippen molar-refractivity contribution in [3.8, 4) is 39.1 Å². The van der Waals surface area contributed by atoms with Crippen LogP contribution in [-0.2, 0) is 0 Å². The van der Waals surface area contributed by atoms with E-state index in [1.807, 2.05) is 6.07 Å². The minimum atomic E-state index is 0.222. The van der Waals surface area contributed by atoms with E-state index in [0.29, 0.717) is 17.5 Å². The van der Waals surface area contributed by atoms with Crippen molar-refractivity contribution >= 4 is 88.4 Å². The van der Waals surface area contributed by atoms with Gasteiger partial charge in [-0.3, -0.25) is 0 Å². The van der Waals surface area contributed by atoms with E-state index in [0.717, 1.165) is 99.7 Å². The molecule has 0 spiro atoms. The highest BCUT2D eigenvalue weighted by atomic mass is 16.3. The summed E-state index contributed by atoms with van der Waals surface area (Å²) in [6, 6.07) is 76.8. The highest BCUT2D eigenvalue weighted by Crippen LogP contribution is 2.52. The standard InChI is InChI=1S/C74H62N2O2/c1-44(2)54-19-9-11-21-56(54)52-17-13-18-53(43-52)57-23-15-27-68(72(57)77)75(64-37-29-46(5)41-48(64)7)66-39-33-50-32-36-63-67(40-34-51-31-35-62(66)70(50)71(51)63)76(65-38-30-47(6)42-49(65)8)69-28-16-26-61-60-25-14-24-59(73(60)78-74(61)69)58-22-12-10-20-55(58)45(3)4/h9-45,77H,1-8H3. The predicted molar refractivity (Wildman–Crippen MR) is 332 cm³/mol. The van der Waals surface area contributed by atoms with Gasteiger partial charge in [-0.25, -0.2) is 0 Å². The summed E-state index contributed by atoms with van der Waals surface area (Å²) in [5.74, 6) is 0.939. The van der Waals surface area contributed by atoms with E-state index < -0.39 is 0 Å². The van der Waals surface area contributed by atoms with Gasteiger partial charge in [0.25, 0.3) is 0 Å². The first-order valence-electron chi connectivity index (χ1n) is 27.4. The Morgan fingerprint density at radius 2 is 0.795 bits per heavy atom. The van der Waals surface area contributed by atoms with Crippen LogP contribution in [0.25, 0.3) is 87.6 Å². The average Bonchev–Trinajstić information content (AvgIpc) is 3.99. The van der Waals surface area contributed by atoms with Crippen LogP contribution in [0.4, 0.5) is 34.1 Å². The number of anilines is 6. The lowest BCUT2D eigenvalue weighted by Crippen LogP contribution is -2.13. The maximum atomic E-state index is 12.9. The molecule has 4 heteroatoms. The number of para-hydroxylation sites is 3. The van der Waals surface area contributed by atoms with E-state index in [1.165, 1.54) is 49.7 Å². The number of benzene rings is 12. The van der Waals surface area contributed by atoms with Crippen molar-refractivity contribution < 1.29 is 9.52 Å². The lowest BCUT2D eigenvalue weighted by molar-refractivity contribution is 0.478. The summed E-state index contributed by atoms with van der Waals surface area (Å²) in [6.45, 7) is 17.7. The van der Waals surface area contributed by atoms with Crippen molar-refractivity contribution in [2.75, 3.05) is 9.80 Å². The van der Waals surface area contributed by atoms with E-state index >= 15 is 0 Å². The van der Waals surface area contributed by atoms with Crippen molar-refractivity contribution in [1.82, 2.24) is 0 Å². The summed E-state index contributed by atoms with van der Waals surface area (Å²) < 4.78 is 7.28. The fourth-order valence-corrected chi connectivity index (χ4v) is 12.6. The van der Waals surface area contributed by atoms with Crippen LogP contribution in [-0.4, -0.2) is 5.11 Å². The number of hydrogen-bond donors (Lipinski definition) is 1. The van der Waals surface area contributed by atoms with Gasteiger partial charge in [0.1, 0.15) is 11.3 Å². The fraction of sp³-hybridized carbons (Fsp3) is 0.135. The molecule has 4 nitrogen and oxygen atoms in total. The van der Waals surface area contributed by atoms with Crippen LogP contribution in [0, 0.1) is 27.7 Å². The van der Waals surface area contributed by atoms with E-state index in [4.69, 9.17) is 4.42 Å². The Labute approximate surface area is 457 Å². The minimum absolute atomic E-state index is 0.222. The van der Waals surface area contributed by atoms with Crippen LogP contribution in [0.15, 0.2) is 217 Å². The first-order chi connectivity index (χ1) is 37.9. The van der Waals surface area contributed by atoms with Gasteiger partial charge < -0.3 is 19.3 Å². The van der Waals surface area contributed by atoms with Crippen molar-refractivity contribution in [2.24, 2.45) is 0 Å². The van der Waals surface area contributed by atoms with E-state index in [-0.39, 0.29) is 5.75 Å². The van der Waals surface area contributed by atoms with Crippen LogP contribution in [0.1, 0.15) is 72.9 Å². The Morgan fingerprint density at radius 1 is 0.346 bits per heavy atom. The largest absolute Gasteiger partial charge is 0.505 e. The van der Waals surface area contributed by atoms with Crippen LogP contribution in [0.2, 0.25) is 0 Å². The summed E-state index contributed by atoms with van der Waals surface area (Å²) in [4.78, 5) is 4.70. The molecule has 0 bridgehead atoms. The zero-order valence-electron chi connectivity index (χ0n) is 45.6. The maximum absolute atomic E-state index is 12.9. The molecule has 0 saturated carbocycles. The molecule has 0 aliphatic heterocycles. The SMILES string of the molecule is Cc1ccc(N(c2cccc(-c3cccc(-c4ccccc4C(C)C)c3)c2O)c2ccc3ccc4c(N(c5ccc(C)cc5C)c5cccc6c5oc5c(-c7ccccc7C(C)C)cccc56)ccc5ccc2c3c54)c(C)c1. The molecular formula is C74H62N2O2. The first kappa shape index (κ1) is 48.5. The second-order valence-corrected chi connectivity index (χ2v) is 22.0. The molecule has 13 rings (SSSR count). The number of furan rings is 1. The maximum Gasteiger partial charge on any atom is 0.159 e. The van der Waals surface area contributed by atoms with Gasteiger partial charge in [0.2, 0.25) is 0 Å². The molecule has 0 atom stereocenters. The summed E-state index contributed by atoms with van der Waals surface area (Å²) in [5.41, 5.74) is 21.2. The van der Waals surface area contributed by atoms with E-state index in [2.05, 4.69) is 271 Å². The summed E-state index contributed by atoms with van der Waals surface area (Å²) in [5, 5.41) is 21.9. The molecule has 1 N–H and O–H groups in total. The normalized spacial score (nSPS) is 11.9. The number of rotatable bonds is 11. The Hall–Kier alpha value is -9.12. The van der Waals surface area contributed by atoms with Gasteiger partial charge in [0, 0.05) is 44.0 Å². The lowest BCUT2D eigenvalue weighted by atomic mass is 9.90. The molecule has 0 saturated heterocycles. The van der Waals surface area contributed by atoms with Gasteiger partial charge in [-0.1, -0.05) is 209 Å². The zero-order valence-corrected chi connectivity index (χ0v) is 45.6. The van der Waals surface area contributed by atoms with E-state index in [1.54, 1.807) is 0 Å². The first-order valence-corrected chi connectivity index (χ1v) is 27.4.